The molecule has 0 aliphatic carbocycles. The third kappa shape index (κ3) is 0.827. The second-order valence-electron chi connectivity index (χ2n) is 2.44. The minimum atomic E-state index is -0.257. The van der Waals surface area contributed by atoms with Gasteiger partial charge in [-0.1, -0.05) is 0 Å². The highest BCUT2D eigenvalue weighted by Gasteiger charge is 2.03. The Morgan fingerprint density at radius 2 is 2.42 bits per heavy atom. The van der Waals surface area contributed by atoms with Crippen molar-refractivity contribution in [2.45, 2.75) is 13.5 Å². The van der Waals surface area contributed by atoms with E-state index in [9.17, 15) is 4.79 Å². The number of aromatic nitrogens is 4. The maximum Gasteiger partial charge on any atom is 0.298 e. The van der Waals surface area contributed by atoms with Gasteiger partial charge in [-0.15, -0.1) is 0 Å². The molecule has 2 aromatic heterocycles. The Hall–Kier alpha value is -1.65. The smallest absolute Gasteiger partial charge is 0.298 e. The number of aromatic amines is 1. The highest BCUT2D eigenvalue weighted by molar-refractivity contribution is 5.68. The molecule has 0 aliphatic rings. The van der Waals surface area contributed by atoms with Gasteiger partial charge < -0.3 is 9.55 Å². The van der Waals surface area contributed by atoms with Gasteiger partial charge in [-0.3, -0.25) is 4.79 Å². The van der Waals surface area contributed by atoms with E-state index in [4.69, 9.17) is 0 Å². The van der Waals surface area contributed by atoms with Crippen molar-refractivity contribution in [2.75, 3.05) is 0 Å². The van der Waals surface area contributed by atoms with E-state index in [1.54, 1.807) is 0 Å². The molecular weight excluding hydrogens is 156 g/mol. The van der Waals surface area contributed by atoms with Crippen molar-refractivity contribution in [1.82, 2.24) is 19.5 Å². The van der Waals surface area contributed by atoms with Gasteiger partial charge in [0.25, 0.3) is 5.56 Å². The fourth-order valence-corrected chi connectivity index (χ4v) is 1.13. The number of fused-ring (bicyclic) bond motifs is 1. The van der Waals surface area contributed by atoms with E-state index in [-0.39, 0.29) is 5.56 Å². The number of hydrogen-bond donors (Lipinski definition) is 1. The van der Waals surface area contributed by atoms with Gasteiger partial charge in [-0.25, -0.2) is 4.98 Å². The third-order valence-corrected chi connectivity index (χ3v) is 1.76. The Labute approximate surface area is 68.1 Å². The molecule has 0 aliphatic heterocycles. The summed E-state index contributed by atoms with van der Waals surface area (Å²) < 4.78 is 1.81. The van der Waals surface area contributed by atoms with E-state index in [2.05, 4.69) is 15.0 Å². The molecule has 0 atom stereocenters. The van der Waals surface area contributed by atoms with Crippen LogP contribution in [0.25, 0.3) is 11.2 Å². The molecule has 1 N–H and O–H groups in total. The largest absolute Gasteiger partial charge is 0.339 e. The summed E-state index contributed by atoms with van der Waals surface area (Å²) in [4.78, 5) is 21.6. The van der Waals surface area contributed by atoms with Crippen molar-refractivity contribution in [1.29, 1.82) is 0 Å². The fraction of sp³-hybridized carbons (Fsp3) is 0.286. The molecule has 0 radical (unpaired) electrons. The highest BCUT2D eigenvalue weighted by atomic mass is 16.1. The van der Waals surface area contributed by atoms with Crippen molar-refractivity contribution in [2.24, 2.45) is 0 Å². The molecule has 0 bridgehead atoms. The predicted octanol–water partition coefficient (Wildman–Crippen LogP) is 0.140. The molecule has 0 unspecified atom stereocenters. The number of aryl methyl sites for hydroxylation is 1. The molecule has 0 saturated carbocycles. The monoisotopic (exact) mass is 164 g/mol. The Kier molecular flexibility index (Phi) is 1.43. The number of H-pyrrole nitrogens is 1. The minimum Gasteiger partial charge on any atom is -0.339 e. The maximum absolute atomic E-state index is 11.1. The predicted molar refractivity (Wildman–Crippen MR) is 43.8 cm³/mol. The van der Waals surface area contributed by atoms with Crippen LogP contribution in [0.1, 0.15) is 6.92 Å². The topological polar surface area (TPSA) is 63.6 Å². The molecule has 12 heavy (non-hydrogen) atoms. The van der Waals surface area contributed by atoms with Gasteiger partial charge in [0.05, 0.1) is 6.33 Å². The molecule has 62 valence electrons. The van der Waals surface area contributed by atoms with Gasteiger partial charge in [0.1, 0.15) is 6.33 Å². The van der Waals surface area contributed by atoms with Gasteiger partial charge >= 0.3 is 0 Å². The fourth-order valence-electron chi connectivity index (χ4n) is 1.13. The Morgan fingerprint density at radius 1 is 1.58 bits per heavy atom. The van der Waals surface area contributed by atoms with E-state index in [1.165, 1.54) is 12.7 Å². The molecule has 0 saturated heterocycles. The first-order chi connectivity index (χ1) is 5.83. The first-order valence-electron chi connectivity index (χ1n) is 3.71. The van der Waals surface area contributed by atoms with Crippen LogP contribution < -0.4 is 5.56 Å². The van der Waals surface area contributed by atoms with Crippen molar-refractivity contribution in [3.8, 4) is 0 Å². The van der Waals surface area contributed by atoms with Crippen LogP contribution in [-0.2, 0) is 6.54 Å². The van der Waals surface area contributed by atoms with Crippen LogP contribution in [0.2, 0.25) is 0 Å². The summed E-state index contributed by atoms with van der Waals surface area (Å²) in [6, 6.07) is 0. The summed E-state index contributed by atoms with van der Waals surface area (Å²) in [7, 11) is 0. The first kappa shape index (κ1) is 7.02. The molecule has 0 aromatic carbocycles. The van der Waals surface area contributed by atoms with E-state index in [1.807, 2.05) is 11.5 Å². The molecule has 5 nitrogen and oxygen atoms in total. The molecule has 2 aromatic rings. The SMILES string of the molecule is CCn1cnc(=O)c2[nH]cnc21. The van der Waals surface area contributed by atoms with Crippen LogP contribution in [0, 0.1) is 0 Å². The third-order valence-electron chi connectivity index (χ3n) is 1.76. The zero-order valence-corrected chi connectivity index (χ0v) is 6.61. The van der Waals surface area contributed by atoms with Crippen LogP contribution in [0.5, 0.6) is 0 Å². The number of imidazole rings is 1. The average molecular weight is 164 g/mol. The molecule has 2 heterocycles. The van der Waals surface area contributed by atoms with Gasteiger partial charge in [0.15, 0.2) is 11.2 Å². The summed E-state index contributed by atoms with van der Waals surface area (Å²) >= 11 is 0. The zero-order chi connectivity index (χ0) is 8.55. The summed E-state index contributed by atoms with van der Waals surface area (Å²) in [5, 5.41) is 0. The molecule has 0 amide bonds. The molecule has 5 heteroatoms. The molecular formula is C7H8N4O. The van der Waals surface area contributed by atoms with Crippen molar-refractivity contribution < 1.29 is 0 Å². The number of nitrogens with one attached hydrogen (secondary N) is 1. The normalized spacial score (nSPS) is 10.8. The van der Waals surface area contributed by atoms with Crippen molar-refractivity contribution >= 4 is 11.2 Å². The Balaban J connectivity index is 2.92. The van der Waals surface area contributed by atoms with Crippen LogP contribution >= 0.6 is 0 Å². The second-order valence-corrected chi connectivity index (χ2v) is 2.44. The summed E-state index contributed by atoms with van der Waals surface area (Å²) in [5.41, 5.74) is 0.879. The van der Waals surface area contributed by atoms with Crippen LogP contribution in [-0.4, -0.2) is 19.5 Å². The summed E-state index contributed by atoms with van der Waals surface area (Å²) in [5.74, 6) is 0. The lowest BCUT2D eigenvalue weighted by molar-refractivity contribution is 0.756. The van der Waals surface area contributed by atoms with E-state index in [0.717, 1.165) is 6.54 Å². The first-order valence-corrected chi connectivity index (χ1v) is 3.71. The van der Waals surface area contributed by atoms with Gasteiger partial charge in [0, 0.05) is 6.54 Å². The van der Waals surface area contributed by atoms with Gasteiger partial charge in [-0.2, -0.15) is 4.98 Å². The minimum absolute atomic E-state index is 0.257. The molecule has 2 rings (SSSR count). The lowest BCUT2D eigenvalue weighted by atomic mass is 10.5. The average Bonchev–Trinajstić information content (AvgIpc) is 2.54. The van der Waals surface area contributed by atoms with Crippen LogP contribution in [0.4, 0.5) is 0 Å². The van der Waals surface area contributed by atoms with Gasteiger partial charge in [-0.05, 0) is 6.92 Å². The zero-order valence-electron chi connectivity index (χ0n) is 6.61. The Bertz CT molecular complexity index is 456. The second kappa shape index (κ2) is 2.44. The standard InChI is InChI=1S/C7H8N4O/c1-2-11-4-10-7(12)5-6(11)9-3-8-5/h3-4H,2H2,1H3,(H,8,9). The lowest BCUT2D eigenvalue weighted by Crippen LogP contribution is -2.11. The Morgan fingerprint density at radius 3 is 3.17 bits per heavy atom. The summed E-state index contributed by atoms with van der Waals surface area (Å²) in [6.45, 7) is 2.73. The van der Waals surface area contributed by atoms with E-state index >= 15 is 0 Å². The maximum atomic E-state index is 11.1. The summed E-state index contributed by atoms with van der Waals surface area (Å²) in [6.07, 6.45) is 3.01. The number of rotatable bonds is 1. The van der Waals surface area contributed by atoms with Crippen molar-refractivity contribution in [3.05, 3.63) is 23.0 Å². The number of hydrogen-bond acceptors (Lipinski definition) is 3. The quantitative estimate of drug-likeness (QED) is 0.652. The van der Waals surface area contributed by atoms with E-state index in [0.29, 0.717) is 11.2 Å². The highest BCUT2D eigenvalue weighted by Crippen LogP contribution is 2.01. The number of nitrogens with zero attached hydrogens (tertiary/aromatic N) is 3. The van der Waals surface area contributed by atoms with Crippen LogP contribution in [0.3, 0.4) is 0 Å². The van der Waals surface area contributed by atoms with Crippen LogP contribution in [0.15, 0.2) is 17.4 Å². The van der Waals surface area contributed by atoms with Gasteiger partial charge in [0.2, 0.25) is 0 Å². The molecule has 0 spiro atoms. The lowest BCUT2D eigenvalue weighted by Gasteiger charge is -1.99. The van der Waals surface area contributed by atoms with E-state index < -0.39 is 0 Å². The van der Waals surface area contributed by atoms with Crippen molar-refractivity contribution in [3.63, 3.8) is 0 Å². The molecule has 0 fully saturated rings.